The monoisotopic (exact) mass is 385 g/mol. The van der Waals surface area contributed by atoms with Crippen molar-refractivity contribution in [2.24, 2.45) is 0 Å². The number of rotatable bonds is 9. The minimum absolute atomic E-state index is 0.0748. The maximum Gasteiger partial charge on any atom is 0.302 e. The average Bonchev–Trinajstić information content (AvgIpc) is 2.68. The Morgan fingerprint density at radius 3 is 2.26 bits per heavy atom. The molecule has 0 aromatic heterocycles. The third-order valence-corrected chi connectivity index (χ3v) is 5.01. The van der Waals surface area contributed by atoms with Crippen molar-refractivity contribution in [2.75, 3.05) is 18.9 Å². The standard InChI is InChI=1S/C21H23NO4S/c1-18(23)26-15-9-8-14-22(16-19-10-4-2-5-11-19)21(24)17-27(25)20-12-6-3-7-13-20/h2-13H,14-17H2,1H3/b9-8+. The van der Waals surface area contributed by atoms with E-state index in [9.17, 15) is 13.8 Å². The van der Waals surface area contributed by atoms with Crippen molar-refractivity contribution >= 4 is 22.7 Å². The zero-order valence-electron chi connectivity index (χ0n) is 15.2. The molecular formula is C21H23NO4S. The van der Waals surface area contributed by atoms with Gasteiger partial charge >= 0.3 is 5.97 Å². The van der Waals surface area contributed by atoms with Gasteiger partial charge in [0, 0.05) is 24.9 Å². The second-order valence-corrected chi connectivity index (χ2v) is 7.29. The van der Waals surface area contributed by atoms with Crippen molar-refractivity contribution in [2.45, 2.75) is 18.4 Å². The lowest BCUT2D eigenvalue weighted by Gasteiger charge is -2.21. The molecule has 2 aromatic carbocycles. The molecule has 0 spiro atoms. The van der Waals surface area contributed by atoms with E-state index >= 15 is 0 Å². The summed E-state index contributed by atoms with van der Waals surface area (Å²) in [4.78, 5) is 25.8. The van der Waals surface area contributed by atoms with Crippen molar-refractivity contribution in [1.29, 1.82) is 0 Å². The lowest BCUT2D eigenvalue weighted by atomic mass is 10.2. The number of hydrogen-bond donors (Lipinski definition) is 0. The number of benzene rings is 2. The largest absolute Gasteiger partial charge is 0.462 e. The van der Waals surface area contributed by atoms with Crippen molar-refractivity contribution in [1.82, 2.24) is 4.90 Å². The molecule has 1 unspecified atom stereocenters. The predicted molar refractivity (Wildman–Crippen MR) is 105 cm³/mol. The van der Waals surface area contributed by atoms with E-state index < -0.39 is 10.8 Å². The highest BCUT2D eigenvalue weighted by molar-refractivity contribution is 7.85. The summed E-state index contributed by atoms with van der Waals surface area (Å²) in [7, 11) is -1.39. The Balaban J connectivity index is 2.02. The summed E-state index contributed by atoms with van der Waals surface area (Å²) in [6.07, 6.45) is 3.47. The van der Waals surface area contributed by atoms with Crippen LogP contribution in [-0.2, 0) is 31.7 Å². The molecule has 0 bridgehead atoms. The van der Waals surface area contributed by atoms with Gasteiger partial charge in [-0.05, 0) is 23.8 Å². The molecule has 0 heterocycles. The fraction of sp³-hybridized carbons (Fsp3) is 0.238. The third-order valence-electron chi connectivity index (χ3n) is 3.70. The number of carbonyl (C=O) groups is 2. The Labute approximate surface area is 162 Å². The molecule has 5 nitrogen and oxygen atoms in total. The Morgan fingerprint density at radius 2 is 1.63 bits per heavy atom. The van der Waals surface area contributed by atoms with Crippen LogP contribution in [0.1, 0.15) is 12.5 Å². The Hall–Kier alpha value is -2.73. The third kappa shape index (κ3) is 7.58. The van der Waals surface area contributed by atoms with Crippen LogP contribution in [0.4, 0.5) is 0 Å². The maximum absolute atomic E-state index is 12.7. The van der Waals surface area contributed by atoms with Crippen molar-refractivity contribution < 1.29 is 18.5 Å². The van der Waals surface area contributed by atoms with E-state index in [1.165, 1.54) is 6.92 Å². The van der Waals surface area contributed by atoms with E-state index in [-0.39, 0.29) is 24.2 Å². The van der Waals surface area contributed by atoms with Crippen molar-refractivity contribution in [3.05, 3.63) is 78.4 Å². The first-order valence-electron chi connectivity index (χ1n) is 8.59. The maximum atomic E-state index is 12.7. The fourth-order valence-electron chi connectivity index (χ4n) is 2.35. The van der Waals surface area contributed by atoms with Gasteiger partial charge in [-0.2, -0.15) is 0 Å². The zero-order chi connectivity index (χ0) is 19.5. The van der Waals surface area contributed by atoms with Crippen LogP contribution in [-0.4, -0.2) is 39.9 Å². The number of nitrogens with zero attached hydrogens (tertiary/aromatic N) is 1. The van der Waals surface area contributed by atoms with Crippen molar-refractivity contribution in [3.63, 3.8) is 0 Å². The first-order chi connectivity index (χ1) is 13.1. The summed E-state index contributed by atoms with van der Waals surface area (Å²) in [6, 6.07) is 18.6. The fourth-order valence-corrected chi connectivity index (χ4v) is 3.39. The predicted octanol–water partition coefficient (Wildman–Crippen LogP) is 2.94. The molecule has 142 valence electrons. The van der Waals surface area contributed by atoms with Gasteiger partial charge in [0.1, 0.15) is 12.4 Å². The number of ether oxygens (including phenoxy) is 1. The highest BCUT2D eigenvalue weighted by Gasteiger charge is 2.17. The van der Waals surface area contributed by atoms with Gasteiger partial charge in [0.05, 0.1) is 10.8 Å². The van der Waals surface area contributed by atoms with Crippen LogP contribution in [0.5, 0.6) is 0 Å². The van der Waals surface area contributed by atoms with Gasteiger partial charge in [0.15, 0.2) is 0 Å². The van der Waals surface area contributed by atoms with E-state index in [1.54, 1.807) is 41.3 Å². The van der Waals surface area contributed by atoms with Crippen LogP contribution in [0.2, 0.25) is 0 Å². The molecule has 0 aliphatic rings. The highest BCUT2D eigenvalue weighted by atomic mass is 32.2. The molecule has 2 aromatic rings. The van der Waals surface area contributed by atoms with E-state index in [1.807, 2.05) is 36.4 Å². The van der Waals surface area contributed by atoms with Crippen LogP contribution in [0.25, 0.3) is 0 Å². The number of esters is 1. The lowest BCUT2D eigenvalue weighted by molar-refractivity contribution is -0.139. The molecule has 1 amide bonds. The van der Waals surface area contributed by atoms with Gasteiger partial charge in [-0.1, -0.05) is 54.6 Å². The number of carbonyl (C=O) groups excluding carboxylic acids is 2. The van der Waals surface area contributed by atoms with Gasteiger partial charge in [-0.25, -0.2) is 0 Å². The van der Waals surface area contributed by atoms with E-state index in [0.717, 1.165) is 5.56 Å². The molecule has 0 aliphatic heterocycles. The van der Waals surface area contributed by atoms with Crippen LogP contribution in [0.3, 0.4) is 0 Å². The number of amides is 1. The van der Waals surface area contributed by atoms with E-state index in [4.69, 9.17) is 4.74 Å². The van der Waals surface area contributed by atoms with Crippen molar-refractivity contribution in [3.8, 4) is 0 Å². The molecular weight excluding hydrogens is 362 g/mol. The summed E-state index contributed by atoms with van der Waals surface area (Å²) in [5.41, 5.74) is 0.990. The van der Waals surface area contributed by atoms with Crippen LogP contribution in [0, 0.1) is 0 Å². The van der Waals surface area contributed by atoms with Gasteiger partial charge in [-0.3, -0.25) is 13.8 Å². The Bertz CT molecular complexity index is 790. The molecule has 0 saturated heterocycles. The lowest BCUT2D eigenvalue weighted by Crippen LogP contribution is -2.34. The first-order valence-corrected chi connectivity index (χ1v) is 9.91. The molecule has 6 heteroatoms. The second-order valence-electron chi connectivity index (χ2n) is 5.84. The molecule has 0 saturated carbocycles. The van der Waals surface area contributed by atoms with E-state index in [2.05, 4.69) is 0 Å². The Kier molecular flexibility index (Phi) is 8.45. The molecule has 2 rings (SSSR count). The average molecular weight is 385 g/mol. The van der Waals surface area contributed by atoms with Gasteiger partial charge in [0.2, 0.25) is 5.91 Å². The number of hydrogen-bond acceptors (Lipinski definition) is 4. The summed E-state index contributed by atoms with van der Waals surface area (Å²) >= 11 is 0. The zero-order valence-corrected chi connectivity index (χ0v) is 16.1. The summed E-state index contributed by atoms with van der Waals surface area (Å²) in [5.74, 6) is -0.623. The van der Waals surface area contributed by atoms with Crippen LogP contribution >= 0.6 is 0 Å². The summed E-state index contributed by atoms with van der Waals surface area (Å²) < 4.78 is 17.3. The van der Waals surface area contributed by atoms with Gasteiger partial charge < -0.3 is 9.64 Å². The molecule has 0 radical (unpaired) electrons. The Morgan fingerprint density at radius 1 is 1.00 bits per heavy atom. The molecule has 0 N–H and O–H groups in total. The quantitative estimate of drug-likeness (QED) is 0.492. The highest BCUT2D eigenvalue weighted by Crippen LogP contribution is 2.09. The minimum Gasteiger partial charge on any atom is -0.462 e. The summed E-state index contributed by atoms with van der Waals surface area (Å²) in [6.45, 7) is 2.28. The molecule has 0 fully saturated rings. The molecule has 0 aliphatic carbocycles. The molecule has 1 atom stereocenters. The summed E-state index contributed by atoms with van der Waals surface area (Å²) in [5, 5.41) is 0. The van der Waals surface area contributed by atoms with Crippen LogP contribution < -0.4 is 0 Å². The van der Waals surface area contributed by atoms with Gasteiger partial charge in [-0.15, -0.1) is 0 Å². The smallest absolute Gasteiger partial charge is 0.302 e. The first kappa shape index (κ1) is 20.6. The topological polar surface area (TPSA) is 63.7 Å². The minimum atomic E-state index is -1.39. The van der Waals surface area contributed by atoms with E-state index in [0.29, 0.717) is 18.0 Å². The SMILES string of the molecule is CC(=O)OC/C=C/CN(Cc1ccccc1)C(=O)CS(=O)c1ccccc1. The normalized spacial score (nSPS) is 11.9. The molecule has 27 heavy (non-hydrogen) atoms. The van der Waals surface area contributed by atoms with Crippen LogP contribution in [0.15, 0.2) is 77.7 Å². The second kappa shape index (κ2) is 11.1. The van der Waals surface area contributed by atoms with Gasteiger partial charge in [0.25, 0.3) is 0 Å².